The minimum atomic E-state index is -0.471. The molecule has 0 bridgehead atoms. The van der Waals surface area contributed by atoms with Crippen molar-refractivity contribution in [3.63, 3.8) is 0 Å². The summed E-state index contributed by atoms with van der Waals surface area (Å²) in [5.74, 6) is -0.115. The number of hydrogen-bond acceptors (Lipinski definition) is 6. The van der Waals surface area contributed by atoms with E-state index < -0.39 is 4.92 Å². The maximum absolute atomic E-state index is 12.2. The highest BCUT2D eigenvalue weighted by Gasteiger charge is 2.27. The molecule has 1 heterocycles. The van der Waals surface area contributed by atoms with E-state index >= 15 is 0 Å². The number of benzene rings is 2. The number of amides is 2. The molecule has 1 aliphatic rings. The van der Waals surface area contributed by atoms with Crippen molar-refractivity contribution in [3.05, 3.63) is 57.1 Å². The van der Waals surface area contributed by atoms with Crippen LogP contribution in [0, 0.1) is 10.1 Å². The lowest BCUT2D eigenvalue weighted by Crippen LogP contribution is -2.45. The third kappa shape index (κ3) is 4.58. The van der Waals surface area contributed by atoms with Gasteiger partial charge in [0.05, 0.1) is 10.6 Å². The van der Waals surface area contributed by atoms with Gasteiger partial charge in [-0.1, -0.05) is 28.1 Å². The van der Waals surface area contributed by atoms with Crippen molar-refractivity contribution < 1.29 is 19.2 Å². The quantitative estimate of drug-likeness (QED) is 0.381. The third-order valence-corrected chi connectivity index (χ3v) is 4.52. The van der Waals surface area contributed by atoms with Crippen LogP contribution in [-0.4, -0.2) is 43.0 Å². The van der Waals surface area contributed by atoms with Crippen LogP contribution in [0.4, 0.5) is 17.1 Å². The van der Waals surface area contributed by atoms with Crippen molar-refractivity contribution >= 4 is 44.8 Å². The van der Waals surface area contributed by atoms with Crippen LogP contribution in [-0.2, 0) is 9.59 Å². The molecule has 0 aliphatic carbocycles. The Labute approximate surface area is 168 Å². The van der Waals surface area contributed by atoms with Crippen LogP contribution in [0.1, 0.15) is 0 Å². The van der Waals surface area contributed by atoms with E-state index in [0.717, 1.165) is 4.47 Å². The average molecular weight is 449 g/mol. The molecule has 2 aromatic rings. The zero-order valence-electron chi connectivity index (χ0n) is 14.7. The number of hydrogen-bond donors (Lipinski definition) is 2. The van der Waals surface area contributed by atoms with Crippen molar-refractivity contribution in [2.45, 2.75) is 0 Å². The van der Waals surface area contributed by atoms with Crippen LogP contribution in [0.5, 0.6) is 5.75 Å². The van der Waals surface area contributed by atoms with E-state index in [4.69, 9.17) is 4.74 Å². The first-order valence-corrected chi connectivity index (χ1v) is 9.21. The van der Waals surface area contributed by atoms with Crippen LogP contribution in [0.25, 0.3) is 0 Å². The van der Waals surface area contributed by atoms with Gasteiger partial charge in [0.15, 0.2) is 6.61 Å². The maximum atomic E-state index is 12.2. The first kappa shape index (κ1) is 19.6. The smallest absolute Gasteiger partial charge is 0.292 e. The van der Waals surface area contributed by atoms with E-state index in [2.05, 4.69) is 26.6 Å². The zero-order chi connectivity index (χ0) is 20.1. The average Bonchev–Trinajstić information content (AvgIpc) is 2.67. The fourth-order valence-corrected chi connectivity index (χ4v) is 3.07. The standard InChI is InChI=1S/C18H17BrN4O5/c19-12-5-6-15-16(9-12)28-11-18(25)22(15)10-17(24)21-8-7-20-13-3-1-2-4-14(13)23(26)27/h1-6,9,20H,7-8,10-11H2,(H,21,24). The Hall–Kier alpha value is -3.14. The largest absolute Gasteiger partial charge is 0.482 e. The van der Waals surface area contributed by atoms with Crippen molar-refractivity contribution in [3.8, 4) is 5.75 Å². The number of anilines is 2. The predicted octanol–water partition coefficient (Wildman–Crippen LogP) is 2.31. The molecular formula is C18H17BrN4O5. The van der Waals surface area contributed by atoms with E-state index in [-0.39, 0.29) is 37.2 Å². The number of fused-ring (bicyclic) bond motifs is 1. The fraction of sp³-hybridized carbons (Fsp3) is 0.222. The molecule has 1 aliphatic heterocycles. The van der Waals surface area contributed by atoms with Crippen molar-refractivity contribution in [1.29, 1.82) is 0 Å². The molecule has 2 N–H and O–H groups in total. The molecule has 10 heteroatoms. The Balaban J connectivity index is 1.53. The van der Waals surface area contributed by atoms with Gasteiger partial charge in [-0.15, -0.1) is 0 Å². The summed E-state index contributed by atoms with van der Waals surface area (Å²) in [6.45, 7) is 0.284. The van der Waals surface area contributed by atoms with Gasteiger partial charge in [-0.05, 0) is 24.3 Å². The second-order valence-electron chi connectivity index (χ2n) is 5.93. The molecule has 2 aromatic carbocycles. The molecule has 0 atom stereocenters. The Morgan fingerprint density at radius 3 is 2.82 bits per heavy atom. The van der Waals surface area contributed by atoms with Gasteiger partial charge in [0.25, 0.3) is 11.6 Å². The zero-order valence-corrected chi connectivity index (χ0v) is 16.3. The van der Waals surface area contributed by atoms with E-state index in [1.165, 1.54) is 11.0 Å². The minimum Gasteiger partial charge on any atom is -0.482 e. The number of ether oxygens (including phenoxy) is 1. The topological polar surface area (TPSA) is 114 Å². The van der Waals surface area contributed by atoms with Gasteiger partial charge in [0.1, 0.15) is 18.0 Å². The summed E-state index contributed by atoms with van der Waals surface area (Å²) in [4.78, 5) is 36.2. The number of carbonyl (C=O) groups excluding carboxylic acids is 2. The highest BCUT2D eigenvalue weighted by Crippen LogP contribution is 2.34. The number of nitro groups is 1. The summed E-state index contributed by atoms with van der Waals surface area (Å²) in [5.41, 5.74) is 0.882. The van der Waals surface area contributed by atoms with Gasteiger partial charge in [-0.3, -0.25) is 24.6 Å². The van der Waals surface area contributed by atoms with E-state index in [0.29, 0.717) is 23.7 Å². The molecule has 2 amide bonds. The van der Waals surface area contributed by atoms with Gasteiger partial charge in [0.2, 0.25) is 5.91 Å². The summed E-state index contributed by atoms with van der Waals surface area (Å²) in [6.07, 6.45) is 0. The molecule has 3 rings (SSSR count). The molecule has 0 saturated heterocycles. The normalized spacial score (nSPS) is 12.8. The second-order valence-corrected chi connectivity index (χ2v) is 6.85. The Bertz CT molecular complexity index is 921. The highest BCUT2D eigenvalue weighted by molar-refractivity contribution is 9.10. The monoisotopic (exact) mass is 448 g/mol. The van der Waals surface area contributed by atoms with Gasteiger partial charge < -0.3 is 15.4 Å². The van der Waals surface area contributed by atoms with Crippen molar-refractivity contribution in [2.24, 2.45) is 0 Å². The van der Waals surface area contributed by atoms with Gasteiger partial charge in [0, 0.05) is 23.6 Å². The van der Waals surface area contributed by atoms with Crippen molar-refractivity contribution in [2.75, 3.05) is 36.5 Å². The lowest BCUT2D eigenvalue weighted by atomic mass is 10.2. The molecule has 28 heavy (non-hydrogen) atoms. The van der Waals surface area contributed by atoms with Crippen LogP contribution < -0.4 is 20.3 Å². The lowest BCUT2D eigenvalue weighted by molar-refractivity contribution is -0.384. The van der Waals surface area contributed by atoms with E-state index in [1.54, 1.807) is 36.4 Å². The Morgan fingerprint density at radius 1 is 1.25 bits per heavy atom. The van der Waals surface area contributed by atoms with Crippen LogP contribution in [0.3, 0.4) is 0 Å². The van der Waals surface area contributed by atoms with Crippen molar-refractivity contribution in [1.82, 2.24) is 5.32 Å². The summed E-state index contributed by atoms with van der Waals surface area (Å²) in [7, 11) is 0. The number of nitrogens with zero attached hydrogens (tertiary/aromatic N) is 2. The van der Waals surface area contributed by atoms with E-state index in [9.17, 15) is 19.7 Å². The predicted molar refractivity (Wildman–Crippen MR) is 107 cm³/mol. The number of halogens is 1. The third-order valence-electron chi connectivity index (χ3n) is 4.03. The van der Waals surface area contributed by atoms with E-state index in [1.807, 2.05) is 0 Å². The number of para-hydroxylation sites is 2. The van der Waals surface area contributed by atoms with Crippen LogP contribution in [0.2, 0.25) is 0 Å². The van der Waals surface area contributed by atoms with Crippen LogP contribution in [0.15, 0.2) is 46.9 Å². The number of nitro benzene ring substituents is 1. The molecule has 0 spiro atoms. The molecular weight excluding hydrogens is 432 g/mol. The minimum absolute atomic E-state index is 0.0319. The van der Waals surface area contributed by atoms with Gasteiger partial charge in [-0.2, -0.15) is 0 Å². The summed E-state index contributed by atoms with van der Waals surface area (Å²) >= 11 is 3.34. The summed E-state index contributed by atoms with van der Waals surface area (Å²) in [6, 6.07) is 11.5. The lowest BCUT2D eigenvalue weighted by Gasteiger charge is -2.29. The first-order valence-electron chi connectivity index (χ1n) is 8.42. The number of carbonyl (C=O) groups is 2. The number of rotatable bonds is 7. The molecule has 0 radical (unpaired) electrons. The maximum Gasteiger partial charge on any atom is 0.292 e. The molecule has 0 unspecified atom stereocenters. The molecule has 0 fully saturated rings. The molecule has 0 aromatic heterocycles. The molecule has 146 valence electrons. The molecule has 0 saturated carbocycles. The second kappa shape index (κ2) is 8.70. The number of nitrogens with one attached hydrogen (secondary N) is 2. The Morgan fingerprint density at radius 2 is 2.04 bits per heavy atom. The summed E-state index contributed by atoms with van der Waals surface area (Å²) < 4.78 is 6.20. The summed E-state index contributed by atoms with van der Waals surface area (Å²) in [5, 5.41) is 16.6. The first-order chi connectivity index (χ1) is 13.5. The highest BCUT2D eigenvalue weighted by atomic mass is 79.9. The van der Waals surface area contributed by atoms with Gasteiger partial charge >= 0.3 is 0 Å². The SMILES string of the molecule is O=C(CN1C(=O)COc2cc(Br)ccc21)NCCNc1ccccc1[N+](=O)[O-]. The Kier molecular flexibility index (Phi) is 6.09. The molecule has 9 nitrogen and oxygen atoms in total. The van der Waals surface area contributed by atoms with Gasteiger partial charge in [-0.25, -0.2) is 0 Å². The fourth-order valence-electron chi connectivity index (χ4n) is 2.73. The van der Waals surface area contributed by atoms with Crippen LogP contribution >= 0.6 is 15.9 Å².